The SMILES string of the molecule is Cc1ncc([N+](=O)[O-])n1CCCc1ccccc1. The molecule has 1 aromatic heterocycles. The van der Waals surface area contributed by atoms with Crippen molar-refractivity contribution >= 4 is 5.82 Å². The first-order valence-electron chi connectivity index (χ1n) is 5.89. The number of benzene rings is 1. The van der Waals surface area contributed by atoms with E-state index in [4.69, 9.17) is 0 Å². The van der Waals surface area contributed by atoms with Gasteiger partial charge in [0.2, 0.25) is 0 Å². The second-order valence-corrected chi connectivity index (χ2v) is 4.16. The Balaban J connectivity index is 1.98. The van der Waals surface area contributed by atoms with E-state index in [1.165, 1.54) is 11.8 Å². The summed E-state index contributed by atoms with van der Waals surface area (Å²) in [7, 11) is 0. The quantitative estimate of drug-likeness (QED) is 0.601. The van der Waals surface area contributed by atoms with Crippen LogP contribution in [0.4, 0.5) is 5.82 Å². The number of rotatable bonds is 5. The lowest BCUT2D eigenvalue weighted by Gasteiger charge is -2.03. The number of nitrogens with zero attached hydrogens (tertiary/aromatic N) is 3. The zero-order valence-electron chi connectivity index (χ0n) is 10.2. The van der Waals surface area contributed by atoms with Gasteiger partial charge in [-0.3, -0.25) is 0 Å². The summed E-state index contributed by atoms with van der Waals surface area (Å²) in [5, 5.41) is 10.8. The molecule has 94 valence electrons. The van der Waals surface area contributed by atoms with Crippen LogP contribution in [0.25, 0.3) is 0 Å². The van der Waals surface area contributed by atoms with Crippen LogP contribution in [0.2, 0.25) is 0 Å². The van der Waals surface area contributed by atoms with Crippen molar-refractivity contribution in [2.24, 2.45) is 0 Å². The Labute approximate surface area is 105 Å². The standard InChI is InChI=1S/C13H15N3O2/c1-11-14-10-13(16(17)18)15(11)9-5-8-12-6-3-2-4-7-12/h2-4,6-7,10H,5,8-9H2,1H3. The second kappa shape index (κ2) is 5.44. The second-order valence-electron chi connectivity index (χ2n) is 4.16. The topological polar surface area (TPSA) is 61.0 Å². The van der Waals surface area contributed by atoms with Gasteiger partial charge in [0.15, 0.2) is 5.82 Å². The summed E-state index contributed by atoms with van der Waals surface area (Å²) in [5.74, 6) is 0.760. The summed E-state index contributed by atoms with van der Waals surface area (Å²) < 4.78 is 1.66. The Hall–Kier alpha value is -2.17. The van der Waals surface area contributed by atoms with Crippen molar-refractivity contribution in [2.75, 3.05) is 0 Å². The highest BCUT2D eigenvalue weighted by molar-refractivity contribution is 5.19. The first-order valence-corrected chi connectivity index (χ1v) is 5.89. The third-order valence-electron chi connectivity index (χ3n) is 2.91. The molecule has 0 radical (unpaired) electrons. The molecule has 5 heteroatoms. The van der Waals surface area contributed by atoms with Crippen molar-refractivity contribution in [2.45, 2.75) is 26.3 Å². The summed E-state index contributed by atoms with van der Waals surface area (Å²) in [6, 6.07) is 10.1. The van der Waals surface area contributed by atoms with Crippen LogP contribution in [0.15, 0.2) is 36.5 Å². The highest BCUT2D eigenvalue weighted by Crippen LogP contribution is 2.15. The summed E-state index contributed by atoms with van der Waals surface area (Å²) >= 11 is 0. The van der Waals surface area contributed by atoms with E-state index in [2.05, 4.69) is 17.1 Å². The molecule has 0 atom stereocenters. The molecule has 5 nitrogen and oxygen atoms in total. The number of imidazole rings is 1. The van der Waals surface area contributed by atoms with Crippen LogP contribution in [0.3, 0.4) is 0 Å². The Bertz CT molecular complexity index is 534. The third-order valence-corrected chi connectivity index (χ3v) is 2.91. The monoisotopic (exact) mass is 245 g/mol. The number of aromatic nitrogens is 2. The van der Waals surface area contributed by atoms with Gasteiger partial charge in [-0.1, -0.05) is 30.3 Å². The van der Waals surface area contributed by atoms with Gasteiger partial charge >= 0.3 is 5.82 Å². The molecule has 0 spiro atoms. The molecule has 0 amide bonds. The number of hydrogen-bond acceptors (Lipinski definition) is 3. The molecule has 0 bridgehead atoms. The minimum absolute atomic E-state index is 0.0700. The molecule has 0 fully saturated rings. The Morgan fingerprint density at radius 1 is 1.33 bits per heavy atom. The fourth-order valence-electron chi connectivity index (χ4n) is 1.96. The van der Waals surface area contributed by atoms with Crippen LogP contribution in [-0.4, -0.2) is 14.5 Å². The van der Waals surface area contributed by atoms with Crippen LogP contribution < -0.4 is 0 Å². The van der Waals surface area contributed by atoms with Gasteiger partial charge in [-0.25, -0.2) is 9.55 Å². The van der Waals surface area contributed by atoms with Crippen LogP contribution in [0, 0.1) is 17.0 Å². The van der Waals surface area contributed by atoms with E-state index in [1.807, 2.05) is 18.2 Å². The van der Waals surface area contributed by atoms with Crippen molar-refractivity contribution in [1.82, 2.24) is 9.55 Å². The van der Waals surface area contributed by atoms with Crippen LogP contribution in [0.5, 0.6) is 0 Å². The average molecular weight is 245 g/mol. The third kappa shape index (κ3) is 2.74. The van der Waals surface area contributed by atoms with Gasteiger partial charge in [0.05, 0.1) is 6.54 Å². The molecule has 0 aliphatic heterocycles. The van der Waals surface area contributed by atoms with Gasteiger partial charge in [-0.2, -0.15) is 0 Å². The molecule has 0 aliphatic rings. The molecular weight excluding hydrogens is 230 g/mol. The van der Waals surface area contributed by atoms with E-state index in [9.17, 15) is 10.1 Å². The van der Waals surface area contributed by atoms with E-state index >= 15 is 0 Å². The number of aryl methyl sites for hydroxylation is 2. The lowest BCUT2D eigenvalue weighted by atomic mass is 10.1. The summed E-state index contributed by atoms with van der Waals surface area (Å²) in [6.45, 7) is 2.41. The molecule has 0 unspecified atom stereocenters. The molecule has 0 N–H and O–H groups in total. The van der Waals surface area contributed by atoms with Crippen LogP contribution >= 0.6 is 0 Å². The van der Waals surface area contributed by atoms with Crippen molar-refractivity contribution in [1.29, 1.82) is 0 Å². The minimum Gasteiger partial charge on any atom is -0.358 e. The summed E-state index contributed by atoms with van der Waals surface area (Å²) in [4.78, 5) is 14.4. The normalized spacial score (nSPS) is 10.5. The zero-order chi connectivity index (χ0) is 13.0. The van der Waals surface area contributed by atoms with E-state index in [-0.39, 0.29) is 10.7 Å². The number of hydrogen-bond donors (Lipinski definition) is 0. The largest absolute Gasteiger partial charge is 0.358 e. The predicted molar refractivity (Wildman–Crippen MR) is 68.4 cm³/mol. The minimum atomic E-state index is -0.386. The van der Waals surface area contributed by atoms with Crippen molar-refractivity contribution in [3.8, 4) is 0 Å². The van der Waals surface area contributed by atoms with E-state index in [1.54, 1.807) is 11.5 Å². The van der Waals surface area contributed by atoms with Crippen LogP contribution in [-0.2, 0) is 13.0 Å². The Morgan fingerprint density at radius 2 is 2.06 bits per heavy atom. The molecule has 2 rings (SSSR count). The van der Waals surface area contributed by atoms with E-state index < -0.39 is 0 Å². The smallest absolute Gasteiger partial charge is 0.342 e. The van der Waals surface area contributed by atoms with E-state index in [0.29, 0.717) is 12.4 Å². The Kier molecular flexibility index (Phi) is 3.72. The van der Waals surface area contributed by atoms with Crippen molar-refractivity contribution < 1.29 is 4.92 Å². The van der Waals surface area contributed by atoms with Gasteiger partial charge in [-0.05, 0) is 23.3 Å². The molecule has 2 aromatic rings. The number of nitro groups is 1. The maximum absolute atomic E-state index is 10.8. The van der Waals surface area contributed by atoms with Crippen molar-refractivity contribution in [3.05, 3.63) is 58.0 Å². The lowest BCUT2D eigenvalue weighted by Crippen LogP contribution is -2.06. The van der Waals surface area contributed by atoms with Gasteiger partial charge in [-0.15, -0.1) is 0 Å². The molecule has 0 aliphatic carbocycles. The van der Waals surface area contributed by atoms with Gasteiger partial charge in [0.25, 0.3) is 0 Å². The molecule has 18 heavy (non-hydrogen) atoms. The van der Waals surface area contributed by atoms with Gasteiger partial charge < -0.3 is 10.1 Å². The highest BCUT2D eigenvalue weighted by atomic mass is 16.6. The molecule has 1 heterocycles. The van der Waals surface area contributed by atoms with Crippen LogP contribution in [0.1, 0.15) is 17.8 Å². The molecular formula is C13H15N3O2. The van der Waals surface area contributed by atoms with Crippen molar-refractivity contribution in [3.63, 3.8) is 0 Å². The predicted octanol–water partition coefficient (Wildman–Crippen LogP) is 2.73. The summed E-state index contributed by atoms with van der Waals surface area (Å²) in [5.41, 5.74) is 1.25. The maximum atomic E-state index is 10.8. The maximum Gasteiger partial charge on any atom is 0.342 e. The van der Waals surface area contributed by atoms with Gasteiger partial charge in [0, 0.05) is 6.92 Å². The zero-order valence-corrected chi connectivity index (χ0v) is 10.2. The summed E-state index contributed by atoms with van der Waals surface area (Å²) in [6.07, 6.45) is 3.09. The first-order chi connectivity index (χ1) is 8.68. The average Bonchev–Trinajstić information content (AvgIpc) is 2.73. The van der Waals surface area contributed by atoms with E-state index in [0.717, 1.165) is 12.8 Å². The molecule has 1 aromatic carbocycles. The lowest BCUT2D eigenvalue weighted by molar-refractivity contribution is -0.392. The van der Waals surface area contributed by atoms with Gasteiger partial charge in [0.1, 0.15) is 6.20 Å². The molecule has 0 saturated heterocycles. The Morgan fingerprint density at radius 3 is 2.72 bits per heavy atom. The molecule has 0 saturated carbocycles. The first kappa shape index (κ1) is 12.3. The fraction of sp³-hybridized carbons (Fsp3) is 0.308. The highest BCUT2D eigenvalue weighted by Gasteiger charge is 2.16. The fourth-order valence-corrected chi connectivity index (χ4v) is 1.96.